The first kappa shape index (κ1) is 7.92. The Balaban J connectivity index is 2.45. The van der Waals surface area contributed by atoms with Crippen LogP contribution in [-0.4, -0.2) is 36.5 Å². The van der Waals surface area contributed by atoms with Crippen LogP contribution in [-0.2, 0) is 0 Å². The molecule has 3 heteroatoms. The zero-order valence-electron chi connectivity index (χ0n) is 6.63. The first-order valence-corrected chi connectivity index (χ1v) is 4.86. The van der Waals surface area contributed by atoms with Gasteiger partial charge in [-0.15, -0.1) is 0 Å². The largest absolute Gasteiger partial charge is 0.352 e. The minimum atomic E-state index is 1.19. The fourth-order valence-corrected chi connectivity index (χ4v) is 1.89. The van der Waals surface area contributed by atoms with Crippen molar-refractivity contribution in [3.8, 4) is 0 Å². The highest BCUT2D eigenvalue weighted by Crippen LogP contribution is 2.13. The smallest absolute Gasteiger partial charge is 0.158 e. The molecule has 0 spiro atoms. The Morgan fingerprint density at radius 1 is 1.40 bits per heavy atom. The Bertz CT molecular complexity index is 128. The van der Waals surface area contributed by atoms with Gasteiger partial charge in [-0.2, -0.15) is 0 Å². The van der Waals surface area contributed by atoms with Gasteiger partial charge >= 0.3 is 0 Å². The first-order chi connectivity index (χ1) is 4.88. The monoisotopic (exact) mass is 158 g/mol. The molecular formula is C7H14N2S. The van der Waals surface area contributed by atoms with Gasteiger partial charge in [-0.05, 0) is 19.1 Å². The zero-order chi connectivity index (χ0) is 7.40. The fourth-order valence-electron chi connectivity index (χ4n) is 1.27. The van der Waals surface area contributed by atoms with E-state index < -0.39 is 0 Å². The van der Waals surface area contributed by atoms with Crippen LogP contribution in [0.4, 0.5) is 0 Å². The molecule has 0 N–H and O–H groups in total. The van der Waals surface area contributed by atoms with E-state index in [1.807, 2.05) is 7.05 Å². The molecule has 0 bridgehead atoms. The van der Waals surface area contributed by atoms with Crippen LogP contribution in [0.1, 0.15) is 12.8 Å². The van der Waals surface area contributed by atoms with Gasteiger partial charge in [0.15, 0.2) is 5.17 Å². The number of nitrogens with zero attached hydrogens (tertiary/aromatic N) is 2. The summed E-state index contributed by atoms with van der Waals surface area (Å²) in [6.45, 7) is 2.40. The number of aliphatic imine (C=N–C) groups is 1. The van der Waals surface area contributed by atoms with Crippen LogP contribution in [0.15, 0.2) is 4.99 Å². The molecule has 0 radical (unpaired) electrons. The second-order valence-electron chi connectivity index (χ2n) is 2.40. The molecule has 1 fully saturated rings. The average Bonchev–Trinajstić information content (AvgIpc) is 2.43. The molecule has 0 aromatic rings. The van der Waals surface area contributed by atoms with Gasteiger partial charge in [-0.25, -0.2) is 0 Å². The van der Waals surface area contributed by atoms with Crippen molar-refractivity contribution in [2.24, 2.45) is 4.99 Å². The number of hydrogen-bond donors (Lipinski definition) is 0. The van der Waals surface area contributed by atoms with Gasteiger partial charge in [-0.1, -0.05) is 11.8 Å². The molecule has 58 valence electrons. The highest BCUT2D eigenvalue weighted by Gasteiger charge is 2.13. The first-order valence-electron chi connectivity index (χ1n) is 3.64. The lowest BCUT2D eigenvalue weighted by molar-refractivity contribution is 0.529. The standard InChI is InChI=1S/C7H14N2S/c1-8-7(10-2)9-5-3-4-6-9/h3-6H2,1-2H3. The van der Waals surface area contributed by atoms with Gasteiger partial charge in [-0.3, -0.25) is 4.99 Å². The average molecular weight is 158 g/mol. The predicted octanol–water partition coefficient (Wildman–Crippen LogP) is 1.43. The van der Waals surface area contributed by atoms with Gasteiger partial charge in [0.25, 0.3) is 0 Å². The van der Waals surface area contributed by atoms with E-state index in [-0.39, 0.29) is 0 Å². The van der Waals surface area contributed by atoms with E-state index in [1.165, 1.54) is 31.1 Å². The molecule has 10 heavy (non-hydrogen) atoms. The minimum Gasteiger partial charge on any atom is -0.352 e. The van der Waals surface area contributed by atoms with Crippen molar-refractivity contribution in [2.45, 2.75) is 12.8 Å². The van der Waals surface area contributed by atoms with Crippen molar-refractivity contribution in [3.63, 3.8) is 0 Å². The van der Waals surface area contributed by atoms with Crippen LogP contribution in [0.3, 0.4) is 0 Å². The van der Waals surface area contributed by atoms with E-state index in [4.69, 9.17) is 0 Å². The van der Waals surface area contributed by atoms with Crippen molar-refractivity contribution in [2.75, 3.05) is 26.4 Å². The lowest BCUT2D eigenvalue weighted by atomic mass is 10.4. The van der Waals surface area contributed by atoms with Crippen molar-refractivity contribution in [1.29, 1.82) is 0 Å². The Kier molecular flexibility index (Phi) is 3.06. The van der Waals surface area contributed by atoms with E-state index in [0.717, 1.165) is 0 Å². The van der Waals surface area contributed by atoms with E-state index in [2.05, 4.69) is 16.1 Å². The molecule has 2 nitrogen and oxygen atoms in total. The van der Waals surface area contributed by atoms with Gasteiger partial charge in [0.1, 0.15) is 0 Å². The van der Waals surface area contributed by atoms with Crippen molar-refractivity contribution < 1.29 is 0 Å². The summed E-state index contributed by atoms with van der Waals surface area (Å²) < 4.78 is 0. The van der Waals surface area contributed by atoms with Crippen LogP contribution >= 0.6 is 11.8 Å². The second-order valence-corrected chi connectivity index (χ2v) is 3.18. The Hall–Kier alpha value is -0.180. The lowest BCUT2D eigenvalue weighted by Crippen LogP contribution is -2.24. The summed E-state index contributed by atoms with van der Waals surface area (Å²) in [5.74, 6) is 0. The number of likely N-dealkylation sites (tertiary alicyclic amines) is 1. The van der Waals surface area contributed by atoms with E-state index >= 15 is 0 Å². The summed E-state index contributed by atoms with van der Waals surface area (Å²) >= 11 is 1.74. The van der Waals surface area contributed by atoms with Gasteiger partial charge in [0, 0.05) is 20.1 Å². The molecule has 1 rings (SSSR count). The topological polar surface area (TPSA) is 15.6 Å². The zero-order valence-corrected chi connectivity index (χ0v) is 7.45. The molecule has 0 aromatic carbocycles. The van der Waals surface area contributed by atoms with Crippen LogP contribution < -0.4 is 0 Å². The van der Waals surface area contributed by atoms with Gasteiger partial charge in [0.05, 0.1) is 0 Å². The molecule has 1 saturated heterocycles. The van der Waals surface area contributed by atoms with Gasteiger partial charge in [0.2, 0.25) is 0 Å². The molecular weight excluding hydrogens is 144 g/mol. The highest BCUT2D eigenvalue weighted by atomic mass is 32.2. The third-order valence-electron chi connectivity index (χ3n) is 1.75. The summed E-state index contributed by atoms with van der Waals surface area (Å²) in [5, 5.41) is 1.19. The van der Waals surface area contributed by atoms with E-state index in [0.29, 0.717) is 0 Å². The maximum Gasteiger partial charge on any atom is 0.158 e. The molecule has 1 aliphatic heterocycles. The molecule has 0 aromatic heterocycles. The summed E-state index contributed by atoms with van der Waals surface area (Å²) in [6, 6.07) is 0. The van der Waals surface area contributed by atoms with Crippen LogP contribution in [0, 0.1) is 0 Å². The second kappa shape index (κ2) is 3.86. The van der Waals surface area contributed by atoms with Gasteiger partial charge < -0.3 is 4.90 Å². The molecule has 0 unspecified atom stereocenters. The summed E-state index contributed by atoms with van der Waals surface area (Å²) in [4.78, 5) is 6.55. The number of thioether (sulfide) groups is 1. The molecule has 0 amide bonds. The molecule has 0 atom stereocenters. The number of hydrogen-bond acceptors (Lipinski definition) is 2. The summed E-state index contributed by atoms with van der Waals surface area (Å²) in [6.07, 6.45) is 4.75. The Morgan fingerprint density at radius 2 is 2.00 bits per heavy atom. The number of amidine groups is 1. The maximum atomic E-state index is 4.19. The third kappa shape index (κ3) is 1.66. The van der Waals surface area contributed by atoms with E-state index in [1.54, 1.807) is 11.8 Å². The van der Waals surface area contributed by atoms with Crippen molar-refractivity contribution in [3.05, 3.63) is 0 Å². The quantitative estimate of drug-likeness (QED) is 0.391. The lowest BCUT2D eigenvalue weighted by Gasteiger charge is -2.16. The fraction of sp³-hybridized carbons (Fsp3) is 0.857. The van der Waals surface area contributed by atoms with Crippen LogP contribution in [0.2, 0.25) is 0 Å². The molecule has 1 heterocycles. The Labute approximate surface area is 66.7 Å². The van der Waals surface area contributed by atoms with Crippen LogP contribution in [0.25, 0.3) is 0 Å². The molecule has 1 aliphatic rings. The normalized spacial score (nSPS) is 20.2. The predicted molar refractivity (Wildman–Crippen MR) is 47.7 cm³/mol. The third-order valence-corrected chi connectivity index (χ3v) is 2.56. The Morgan fingerprint density at radius 3 is 2.40 bits per heavy atom. The number of rotatable bonds is 0. The summed E-state index contributed by atoms with van der Waals surface area (Å²) in [7, 11) is 1.87. The maximum absolute atomic E-state index is 4.19. The van der Waals surface area contributed by atoms with E-state index in [9.17, 15) is 0 Å². The molecule has 0 aliphatic carbocycles. The van der Waals surface area contributed by atoms with Crippen molar-refractivity contribution in [1.82, 2.24) is 4.90 Å². The van der Waals surface area contributed by atoms with Crippen LogP contribution in [0.5, 0.6) is 0 Å². The highest BCUT2D eigenvalue weighted by molar-refractivity contribution is 8.13. The summed E-state index contributed by atoms with van der Waals surface area (Å²) in [5.41, 5.74) is 0. The SMILES string of the molecule is CN=C(SC)N1CCCC1. The molecule has 0 saturated carbocycles. The minimum absolute atomic E-state index is 1.19. The van der Waals surface area contributed by atoms with Crippen molar-refractivity contribution >= 4 is 16.9 Å².